The fraction of sp³-hybridized carbons (Fsp3) is 0.286. The molecule has 0 saturated carbocycles. The summed E-state index contributed by atoms with van der Waals surface area (Å²) in [6.07, 6.45) is -4.46. The molecule has 1 atom stereocenters. The van der Waals surface area contributed by atoms with Gasteiger partial charge in [0.25, 0.3) is 11.8 Å². The summed E-state index contributed by atoms with van der Waals surface area (Å²) < 4.78 is 46.0. The standard InChI is InChI=1S/C28H26F3N3O3S/c1-18-16-32(11-12-33(18)25(35)20-6-8-22(9-7-20)28(29,30)31)26(36)24-15-21-10-13-38-27(21)34(24)17-19-4-3-5-23(14-19)37-2/h3-10,13-15,18H,11-12,16-17H2,1-2H3. The lowest BCUT2D eigenvalue weighted by molar-refractivity contribution is -0.137. The first kappa shape index (κ1) is 25.8. The van der Waals surface area contributed by atoms with Gasteiger partial charge in [0.15, 0.2) is 0 Å². The maximum atomic E-state index is 13.7. The maximum absolute atomic E-state index is 13.7. The van der Waals surface area contributed by atoms with Crippen LogP contribution in [0.15, 0.2) is 66.0 Å². The van der Waals surface area contributed by atoms with Crippen LogP contribution in [0.4, 0.5) is 13.2 Å². The Balaban J connectivity index is 1.33. The van der Waals surface area contributed by atoms with Crippen molar-refractivity contribution in [2.45, 2.75) is 25.7 Å². The Morgan fingerprint density at radius 1 is 1.03 bits per heavy atom. The summed E-state index contributed by atoms with van der Waals surface area (Å²) in [5, 5.41) is 2.99. The van der Waals surface area contributed by atoms with Crippen LogP contribution in [0.2, 0.25) is 0 Å². The molecule has 0 bridgehead atoms. The molecule has 0 spiro atoms. The minimum Gasteiger partial charge on any atom is -0.497 e. The molecule has 0 aliphatic carbocycles. The zero-order chi connectivity index (χ0) is 27.0. The van der Waals surface area contributed by atoms with Crippen molar-refractivity contribution < 1.29 is 27.5 Å². The number of nitrogens with zero attached hydrogens (tertiary/aromatic N) is 3. The molecule has 2 aromatic carbocycles. The van der Waals surface area contributed by atoms with Gasteiger partial charge in [-0.3, -0.25) is 9.59 Å². The highest BCUT2D eigenvalue weighted by atomic mass is 32.1. The third kappa shape index (κ3) is 5.00. The first-order chi connectivity index (χ1) is 18.2. The van der Waals surface area contributed by atoms with Gasteiger partial charge in [0, 0.05) is 43.2 Å². The number of carbonyl (C=O) groups is 2. The molecule has 10 heteroatoms. The van der Waals surface area contributed by atoms with Gasteiger partial charge in [-0.05, 0) is 66.4 Å². The Bertz CT molecular complexity index is 1480. The predicted octanol–water partition coefficient (Wildman–Crippen LogP) is 5.77. The van der Waals surface area contributed by atoms with Crippen molar-refractivity contribution in [3.63, 3.8) is 0 Å². The molecule has 38 heavy (non-hydrogen) atoms. The molecule has 198 valence electrons. The van der Waals surface area contributed by atoms with E-state index < -0.39 is 11.7 Å². The van der Waals surface area contributed by atoms with Crippen molar-refractivity contribution in [3.8, 4) is 5.75 Å². The second-order valence-electron chi connectivity index (χ2n) is 9.32. The fourth-order valence-corrected chi connectivity index (χ4v) is 5.73. The molecule has 2 amide bonds. The molecule has 1 aliphatic heterocycles. The van der Waals surface area contributed by atoms with Crippen LogP contribution in [0.1, 0.15) is 38.9 Å². The van der Waals surface area contributed by atoms with Crippen LogP contribution < -0.4 is 4.74 Å². The van der Waals surface area contributed by atoms with Gasteiger partial charge in [0.05, 0.1) is 12.7 Å². The molecule has 2 aromatic heterocycles. The topological polar surface area (TPSA) is 54.8 Å². The van der Waals surface area contributed by atoms with Crippen molar-refractivity contribution >= 4 is 33.4 Å². The van der Waals surface area contributed by atoms with E-state index in [0.29, 0.717) is 25.3 Å². The number of thiophene rings is 1. The highest BCUT2D eigenvalue weighted by molar-refractivity contribution is 7.16. The van der Waals surface area contributed by atoms with E-state index in [9.17, 15) is 22.8 Å². The first-order valence-corrected chi connectivity index (χ1v) is 13.0. The Morgan fingerprint density at radius 2 is 1.79 bits per heavy atom. The van der Waals surface area contributed by atoms with Crippen LogP contribution in [0.25, 0.3) is 10.2 Å². The molecule has 1 saturated heterocycles. The van der Waals surface area contributed by atoms with Crippen molar-refractivity contribution in [2.75, 3.05) is 26.7 Å². The summed E-state index contributed by atoms with van der Waals surface area (Å²) in [7, 11) is 1.62. The van der Waals surface area contributed by atoms with Crippen LogP contribution in [0, 0.1) is 0 Å². The number of amides is 2. The summed E-state index contributed by atoms with van der Waals surface area (Å²) in [6, 6.07) is 15.6. The van der Waals surface area contributed by atoms with E-state index in [4.69, 9.17) is 4.74 Å². The Morgan fingerprint density at radius 3 is 2.47 bits per heavy atom. The van der Waals surface area contributed by atoms with Gasteiger partial charge in [-0.1, -0.05) is 12.1 Å². The number of hydrogen-bond donors (Lipinski definition) is 0. The van der Waals surface area contributed by atoms with Gasteiger partial charge in [-0.25, -0.2) is 0 Å². The highest BCUT2D eigenvalue weighted by Crippen LogP contribution is 2.30. The molecule has 6 nitrogen and oxygen atoms in total. The molecule has 0 radical (unpaired) electrons. The number of rotatable bonds is 5. The number of methoxy groups -OCH3 is 1. The lowest BCUT2D eigenvalue weighted by Gasteiger charge is -2.40. The van der Waals surface area contributed by atoms with E-state index >= 15 is 0 Å². The Labute approximate surface area is 221 Å². The van der Waals surface area contributed by atoms with Gasteiger partial charge < -0.3 is 19.1 Å². The molecule has 0 N–H and O–H groups in total. The van der Waals surface area contributed by atoms with Gasteiger partial charge in [-0.2, -0.15) is 13.2 Å². The van der Waals surface area contributed by atoms with Crippen LogP contribution in [-0.4, -0.2) is 59.0 Å². The van der Waals surface area contributed by atoms with E-state index in [1.807, 2.05) is 53.3 Å². The molecule has 4 aromatic rings. The molecule has 1 aliphatic rings. The minimum absolute atomic E-state index is 0.121. The summed E-state index contributed by atoms with van der Waals surface area (Å²) in [4.78, 5) is 31.1. The number of aromatic nitrogens is 1. The van der Waals surface area contributed by atoms with Crippen molar-refractivity contribution in [1.82, 2.24) is 14.4 Å². The van der Waals surface area contributed by atoms with Crippen molar-refractivity contribution in [1.29, 1.82) is 0 Å². The summed E-state index contributed by atoms with van der Waals surface area (Å²) in [6.45, 7) is 3.29. The fourth-order valence-electron chi connectivity index (χ4n) is 4.84. The molecule has 5 rings (SSSR count). The van der Waals surface area contributed by atoms with E-state index in [1.165, 1.54) is 12.1 Å². The number of halogens is 3. The summed E-state index contributed by atoms with van der Waals surface area (Å²) >= 11 is 1.57. The first-order valence-electron chi connectivity index (χ1n) is 12.1. The van der Waals surface area contributed by atoms with Crippen LogP contribution in [0.5, 0.6) is 5.75 Å². The third-order valence-electron chi connectivity index (χ3n) is 6.83. The quantitative estimate of drug-likeness (QED) is 0.323. The van der Waals surface area contributed by atoms with Gasteiger partial charge in [-0.15, -0.1) is 11.3 Å². The second kappa shape index (κ2) is 10.2. The number of piperazine rings is 1. The largest absolute Gasteiger partial charge is 0.497 e. The highest BCUT2D eigenvalue weighted by Gasteiger charge is 2.33. The molecular formula is C28H26F3N3O3S. The SMILES string of the molecule is COc1cccc(Cn2c(C(=O)N3CCN(C(=O)c4ccc(C(F)(F)F)cc4)C(C)C3)cc3ccsc32)c1. The zero-order valence-corrected chi connectivity index (χ0v) is 21.7. The van der Waals surface area contributed by atoms with Crippen LogP contribution in [0.3, 0.4) is 0 Å². The Hall–Kier alpha value is -3.79. The lowest BCUT2D eigenvalue weighted by atomic mass is 10.1. The molecule has 1 unspecified atom stereocenters. The number of benzene rings is 2. The maximum Gasteiger partial charge on any atom is 0.416 e. The van der Waals surface area contributed by atoms with Crippen molar-refractivity contribution in [2.24, 2.45) is 0 Å². The van der Waals surface area contributed by atoms with Crippen LogP contribution >= 0.6 is 11.3 Å². The number of ether oxygens (including phenoxy) is 1. The van der Waals surface area contributed by atoms with Crippen molar-refractivity contribution in [3.05, 3.63) is 88.4 Å². The van der Waals surface area contributed by atoms with Gasteiger partial charge in [0.1, 0.15) is 16.3 Å². The lowest BCUT2D eigenvalue weighted by Crippen LogP contribution is -2.55. The minimum atomic E-state index is -4.46. The average molecular weight is 542 g/mol. The van der Waals surface area contributed by atoms with Gasteiger partial charge >= 0.3 is 6.18 Å². The smallest absolute Gasteiger partial charge is 0.416 e. The third-order valence-corrected chi connectivity index (χ3v) is 7.78. The van der Waals surface area contributed by atoms with E-state index in [0.717, 1.165) is 33.7 Å². The molecular weight excluding hydrogens is 515 g/mol. The van der Waals surface area contributed by atoms with E-state index in [1.54, 1.807) is 28.2 Å². The van der Waals surface area contributed by atoms with E-state index in [-0.39, 0.29) is 30.0 Å². The summed E-state index contributed by atoms with van der Waals surface area (Å²) in [5.41, 5.74) is 0.973. The van der Waals surface area contributed by atoms with Gasteiger partial charge in [0.2, 0.25) is 0 Å². The van der Waals surface area contributed by atoms with Crippen LogP contribution in [-0.2, 0) is 12.7 Å². The number of alkyl halides is 3. The molecule has 1 fully saturated rings. The summed E-state index contributed by atoms with van der Waals surface area (Å²) in [5.74, 6) is 0.276. The molecule has 3 heterocycles. The van der Waals surface area contributed by atoms with E-state index in [2.05, 4.69) is 0 Å². The predicted molar refractivity (Wildman–Crippen MR) is 140 cm³/mol. The average Bonchev–Trinajstić information content (AvgIpc) is 3.50. The number of fused-ring (bicyclic) bond motifs is 1. The zero-order valence-electron chi connectivity index (χ0n) is 20.9. The number of hydrogen-bond acceptors (Lipinski definition) is 4. The monoisotopic (exact) mass is 541 g/mol. The normalized spacial score (nSPS) is 16.2. The second-order valence-corrected chi connectivity index (χ2v) is 10.2. The number of carbonyl (C=O) groups excluding carboxylic acids is 2. The Kier molecular flexibility index (Phi) is 6.92.